The largest absolute Gasteiger partial charge is 0.438 e. The van der Waals surface area contributed by atoms with Gasteiger partial charge in [-0.05, 0) is 17.5 Å². The summed E-state index contributed by atoms with van der Waals surface area (Å²) in [6.45, 7) is 0. The molecule has 0 unspecified atom stereocenters. The molecule has 4 heteroatoms. The summed E-state index contributed by atoms with van der Waals surface area (Å²) in [5.74, 6) is 7.19. The van der Waals surface area contributed by atoms with Crippen molar-refractivity contribution >= 4 is 16.6 Å². The maximum Gasteiger partial charge on any atom is 0.221 e. The molecule has 2 aromatic carbocycles. The first-order valence-electron chi connectivity index (χ1n) is 5.96. The van der Waals surface area contributed by atoms with Gasteiger partial charge in [0.15, 0.2) is 0 Å². The molecule has 0 aliphatic heterocycles. The maximum atomic E-state index is 5.83. The van der Waals surface area contributed by atoms with Gasteiger partial charge in [-0.15, -0.1) is 0 Å². The van der Waals surface area contributed by atoms with E-state index >= 15 is 0 Å². The SMILES string of the molecule is NNc1cccc(Oc2cccc3ccccc23)n1. The second-order valence-electron chi connectivity index (χ2n) is 4.08. The molecule has 0 radical (unpaired) electrons. The monoisotopic (exact) mass is 251 g/mol. The zero-order chi connectivity index (χ0) is 13.1. The molecule has 0 saturated heterocycles. The highest BCUT2D eigenvalue weighted by Gasteiger charge is 2.04. The summed E-state index contributed by atoms with van der Waals surface area (Å²) in [4.78, 5) is 4.23. The highest BCUT2D eigenvalue weighted by atomic mass is 16.5. The van der Waals surface area contributed by atoms with E-state index in [9.17, 15) is 0 Å². The van der Waals surface area contributed by atoms with Gasteiger partial charge in [-0.2, -0.15) is 4.98 Å². The summed E-state index contributed by atoms with van der Waals surface area (Å²) in [5, 5.41) is 2.19. The van der Waals surface area contributed by atoms with Gasteiger partial charge >= 0.3 is 0 Å². The summed E-state index contributed by atoms with van der Waals surface area (Å²) < 4.78 is 5.83. The van der Waals surface area contributed by atoms with Crippen LogP contribution in [0.25, 0.3) is 10.8 Å². The molecule has 0 amide bonds. The van der Waals surface area contributed by atoms with E-state index in [1.54, 1.807) is 12.1 Å². The number of rotatable bonds is 3. The third kappa shape index (κ3) is 2.34. The van der Waals surface area contributed by atoms with Crippen LogP contribution in [0.3, 0.4) is 0 Å². The molecule has 94 valence electrons. The van der Waals surface area contributed by atoms with Crippen molar-refractivity contribution in [3.8, 4) is 11.6 Å². The summed E-state index contributed by atoms with van der Waals surface area (Å²) in [6, 6.07) is 19.4. The zero-order valence-corrected chi connectivity index (χ0v) is 10.2. The Morgan fingerprint density at radius 3 is 2.58 bits per heavy atom. The van der Waals surface area contributed by atoms with Gasteiger partial charge in [0.1, 0.15) is 11.6 Å². The van der Waals surface area contributed by atoms with Crippen LogP contribution in [0.4, 0.5) is 5.82 Å². The topological polar surface area (TPSA) is 60.2 Å². The maximum absolute atomic E-state index is 5.83. The van der Waals surface area contributed by atoms with E-state index in [0.29, 0.717) is 11.7 Å². The number of aromatic nitrogens is 1. The van der Waals surface area contributed by atoms with Gasteiger partial charge in [-0.3, -0.25) is 0 Å². The minimum absolute atomic E-state index is 0.506. The van der Waals surface area contributed by atoms with Crippen molar-refractivity contribution in [1.82, 2.24) is 4.98 Å². The number of nitrogen functional groups attached to an aromatic ring is 1. The molecule has 0 aliphatic carbocycles. The van der Waals surface area contributed by atoms with Crippen LogP contribution >= 0.6 is 0 Å². The summed E-state index contributed by atoms with van der Waals surface area (Å²) in [6.07, 6.45) is 0. The Morgan fingerprint density at radius 1 is 0.895 bits per heavy atom. The van der Waals surface area contributed by atoms with Gasteiger partial charge in [0.2, 0.25) is 5.88 Å². The molecule has 0 aliphatic rings. The number of hydrazine groups is 1. The van der Waals surface area contributed by atoms with E-state index in [1.807, 2.05) is 48.5 Å². The lowest BCUT2D eigenvalue weighted by atomic mass is 10.1. The molecule has 1 aromatic heterocycles. The van der Waals surface area contributed by atoms with Gasteiger partial charge in [0.25, 0.3) is 0 Å². The van der Waals surface area contributed by atoms with Crippen molar-refractivity contribution in [2.24, 2.45) is 5.84 Å². The van der Waals surface area contributed by atoms with Crippen LogP contribution in [0.15, 0.2) is 60.7 Å². The Balaban J connectivity index is 2.01. The van der Waals surface area contributed by atoms with E-state index in [-0.39, 0.29) is 0 Å². The number of nitrogens with two attached hydrogens (primary N) is 1. The van der Waals surface area contributed by atoms with E-state index in [0.717, 1.165) is 16.5 Å². The van der Waals surface area contributed by atoms with Crippen LogP contribution in [0, 0.1) is 0 Å². The van der Waals surface area contributed by atoms with E-state index in [4.69, 9.17) is 10.6 Å². The lowest BCUT2D eigenvalue weighted by Gasteiger charge is -2.09. The van der Waals surface area contributed by atoms with Crippen molar-refractivity contribution in [2.75, 3.05) is 5.43 Å². The Kier molecular flexibility index (Phi) is 3.00. The molecule has 3 aromatic rings. The van der Waals surface area contributed by atoms with Gasteiger partial charge in [-0.25, -0.2) is 5.84 Å². The normalized spacial score (nSPS) is 10.4. The van der Waals surface area contributed by atoms with Gasteiger partial charge in [-0.1, -0.05) is 42.5 Å². The molecule has 1 heterocycles. The molecule has 0 bridgehead atoms. The molecular formula is C15H13N3O. The standard InChI is InChI=1S/C15H13N3O/c16-18-14-9-4-10-15(17-14)19-13-8-3-6-11-5-1-2-7-12(11)13/h1-10H,16H2,(H,17,18). The Hall–Kier alpha value is -2.59. The summed E-state index contributed by atoms with van der Waals surface area (Å²) in [5.41, 5.74) is 2.50. The zero-order valence-electron chi connectivity index (χ0n) is 10.2. The Labute approximate surface area is 110 Å². The quantitative estimate of drug-likeness (QED) is 0.554. The second kappa shape index (κ2) is 4.96. The van der Waals surface area contributed by atoms with Crippen molar-refractivity contribution in [1.29, 1.82) is 0 Å². The van der Waals surface area contributed by atoms with Crippen molar-refractivity contribution in [2.45, 2.75) is 0 Å². The highest BCUT2D eigenvalue weighted by Crippen LogP contribution is 2.29. The first-order chi connectivity index (χ1) is 9.36. The number of hydrogen-bond donors (Lipinski definition) is 2. The van der Waals surface area contributed by atoms with Crippen molar-refractivity contribution in [3.05, 3.63) is 60.7 Å². The van der Waals surface area contributed by atoms with E-state index < -0.39 is 0 Å². The number of fused-ring (bicyclic) bond motifs is 1. The number of pyridine rings is 1. The number of anilines is 1. The van der Waals surface area contributed by atoms with Crippen LogP contribution in [0.1, 0.15) is 0 Å². The molecule has 0 spiro atoms. The van der Waals surface area contributed by atoms with Crippen molar-refractivity contribution in [3.63, 3.8) is 0 Å². The lowest BCUT2D eigenvalue weighted by Crippen LogP contribution is -2.08. The predicted molar refractivity (Wildman–Crippen MR) is 76.1 cm³/mol. The van der Waals surface area contributed by atoms with Crippen LogP contribution < -0.4 is 16.0 Å². The third-order valence-corrected chi connectivity index (χ3v) is 2.84. The molecule has 3 rings (SSSR count). The second-order valence-corrected chi connectivity index (χ2v) is 4.08. The Morgan fingerprint density at radius 2 is 1.68 bits per heavy atom. The number of hydrogen-bond acceptors (Lipinski definition) is 4. The van der Waals surface area contributed by atoms with Crippen molar-refractivity contribution < 1.29 is 4.74 Å². The molecule has 0 fully saturated rings. The first-order valence-corrected chi connectivity index (χ1v) is 5.96. The Bertz CT molecular complexity index is 707. The molecule has 19 heavy (non-hydrogen) atoms. The van der Waals surface area contributed by atoms with Crippen LogP contribution in [0.2, 0.25) is 0 Å². The summed E-state index contributed by atoms with van der Waals surface area (Å²) in [7, 11) is 0. The molecule has 0 atom stereocenters. The third-order valence-electron chi connectivity index (χ3n) is 2.84. The van der Waals surface area contributed by atoms with Gasteiger partial charge < -0.3 is 10.2 Å². The molecule has 0 saturated carbocycles. The fourth-order valence-corrected chi connectivity index (χ4v) is 1.95. The molecule has 4 nitrogen and oxygen atoms in total. The van der Waals surface area contributed by atoms with Gasteiger partial charge in [0.05, 0.1) is 0 Å². The lowest BCUT2D eigenvalue weighted by molar-refractivity contribution is 0.469. The van der Waals surface area contributed by atoms with Crippen LogP contribution in [0.5, 0.6) is 11.6 Å². The van der Waals surface area contributed by atoms with Crippen LogP contribution in [-0.2, 0) is 0 Å². The average molecular weight is 251 g/mol. The smallest absolute Gasteiger partial charge is 0.221 e. The van der Waals surface area contributed by atoms with E-state index in [2.05, 4.69) is 10.4 Å². The fraction of sp³-hybridized carbons (Fsp3) is 0. The fourth-order valence-electron chi connectivity index (χ4n) is 1.95. The highest BCUT2D eigenvalue weighted by molar-refractivity contribution is 5.88. The molecule has 3 N–H and O–H groups in total. The first kappa shape index (κ1) is 11.5. The number of nitrogens with one attached hydrogen (secondary N) is 1. The molecular weight excluding hydrogens is 238 g/mol. The summed E-state index contributed by atoms with van der Waals surface area (Å²) >= 11 is 0. The number of nitrogens with zero attached hydrogens (tertiary/aromatic N) is 1. The minimum Gasteiger partial charge on any atom is -0.438 e. The average Bonchev–Trinajstić information content (AvgIpc) is 2.48. The van der Waals surface area contributed by atoms with Crippen LogP contribution in [-0.4, -0.2) is 4.98 Å². The minimum atomic E-state index is 0.506. The number of ether oxygens (including phenoxy) is 1. The number of benzene rings is 2. The van der Waals surface area contributed by atoms with E-state index in [1.165, 1.54) is 0 Å². The van der Waals surface area contributed by atoms with Gasteiger partial charge in [0, 0.05) is 11.5 Å². The predicted octanol–water partition coefficient (Wildman–Crippen LogP) is 3.31.